The van der Waals surface area contributed by atoms with E-state index in [0.29, 0.717) is 17.1 Å². The molecule has 2 aromatic heterocycles. The third-order valence-corrected chi connectivity index (χ3v) is 2.25. The Balaban J connectivity index is 0.000000204. The highest BCUT2D eigenvalue weighted by Crippen LogP contribution is 2.18. The number of carbonyl (C=O) groups is 1. The Morgan fingerprint density at radius 3 is 2.30 bits per heavy atom. The smallest absolute Gasteiger partial charge is 0.280 e. The van der Waals surface area contributed by atoms with E-state index in [0.717, 1.165) is 12.0 Å². The van der Waals surface area contributed by atoms with Gasteiger partial charge in [-0.05, 0) is 38.1 Å². The summed E-state index contributed by atoms with van der Waals surface area (Å²) in [6, 6.07) is 8.07. The minimum Gasteiger partial charge on any atom is -0.399 e. The molecular formula is C14H15F2N3O. The first-order valence-corrected chi connectivity index (χ1v) is 5.83. The van der Waals surface area contributed by atoms with Gasteiger partial charge in [-0.2, -0.15) is 0 Å². The summed E-state index contributed by atoms with van der Waals surface area (Å²) in [6.07, 6.45) is -1.80. The molecule has 0 fully saturated rings. The molecule has 2 N–H and O–H groups in total. The van der Waals surface area contributed by atoms with Gasteiger partial charge in [-0.15, -0.1) is 0 Å². The Morgan fingerprint density at radius 2 is 1.85 bits per heavy atom. The zero-order valence-electron chi connectivity index (χ0n) is 11.2. The molecule has 0 radical (unpaired) electrons. The van der Waals surface area contributed by atoms with Crippen molar-refractivity contribution in [3.05, 3.63) is 53.1 Å². The average molecular weight is 279 g/mol. The molecular weight excluding hydrogens is 264 g/mol. The molecule has 0 spiro atoms. The van der Waals surface area contributed by atoms with Crippen LogP contribution in [0.15, 0.2) is 30.3 Å². The van der Waals surface area contributed by atoms with Gasteiger partial charge in [-0.1, -0.05) is 6.07 Å². The Kier molecular flexibility index (Phi) is 5.71. The minimum atomic E-state index is -2.54. The van der Waals surface area contributed by atoms with Crippen LogP contribution in [-0.2, 0) is 0 Å². The monoisotopic (exact) mass is 279 g/mol. The quantitative estimate of drug-likeness (QED) is 0.857. The summed E-state index contributed by atoms with van der Waals surface area (Å²) in [5.41, 5.74) is 7.27. The lowest BCUT2D eigenvalue weighted by atomic mass is 10.3. The molecule has 0 saturated heterocycles. The van der Waals surface area contributed by atoms with Gasteiger partial charge >= 0.3 is 0 Å². The van der Waals surface area contributed by atoms with Crippen LogP contribution < -0.4 is 5.73 Å². The number of aromatic nitrogens is 2. The van der Waals surface area contributed by atoms with E-state index in [-0.39, 0.29) is 5.69 Å². The largest absolute Gasteiger partial charge is 0.399 e. The van der Waals surface area contributed by atoms with Crippen LogP contribution in [0.3, 0.4) is 0 Å². The first kappa shape index (κ1) is 15.7. The predicted molar refractivity (Wildman–Crippen MR) is 72.7 cm³/mol. The molecule has 0 atom stereocenters. The molecule has 0 aliphatic rings. The SMILES string of the molecule is Cc1cc(N)cc(C(F)F)n1.Cc1cccc(C=O)n1. The fraction of sp³-hybridized carbons (Fsp3) is 0.214. The van der Waals surface area contributed by atoms with Crippen LogP contribution in [0.4, 0.5) is 14.5 Å². The van der Waals surface area contributed by atoms with E-state index in [1.165, 1.54) is 6.07 Å². The van der Waals surface area contributed by atoms with Crippen LogP contribution in [-0.4, -0.2) is 16.3 Å². The number of halogens is 2. The lowest BCUT2D eigenvalue weighted by molar-refractivity contribution is 0.111. The molecule has 106 valence electrons. The fourth-order valence-electron chi connectivity index (χ4n) is 1.46. The first-order chi connectivity index (χ1) is 9.42. The Bertz CT molecular complexity index is 568. The van der Waals surface area contributed by atoms with Gasteiger partial charge in [0.1, 0.15) is 11.4 Å². The number of hydrogen-bond acceptors (Lipinski definition) is 4. The molecule has 0 unspecified atom stereocenters. The number of carbonyl (C=O) groups excluding carboxylic acids is 1. The molecule has 6 heteroatoms. The maximum atomic E-state index is 12.0. The van der Waals surface area contributed by atoms with E-state index in [1.807, 2.05) is 19.1 Å². The summed E-state index contributed by atoms with van der Waals surface area (Å²) in [6.45, 7) is 3.48. The predicted octanol–water partition coefficient (Wildman–Crippen LogP) is 3.11. The van der Waals surface area contributed by atoms with Crippen LogP contribution >= 0.6 is 0 Å². The van der Waals surface area contributed by atoms with Crippen molar-refractivity contribution < 1.29 is 13.6 Å². The highest BCUT2D eigenvalue weighted by atomic mass is 19.3. The Morgan fingerprint density at radius 1 is 1.15 bits per heavy atom. The van der Waals surface area contributed by atoms with E-state index in [2.05, 4.69) is 9.97 Å². The molecule has 0 aliphatic carbocycles. The summed E-state index contributed by atoms with van der Waals surface area (Å²) in [5.74, 6) is 0. The van der Waals surface area contributed by atoms with Gasteiger partial charge in [-0.25, -0.2) is 8.78 Å². The van der Waals surface area contributed by atoms with Crippen molar-refractivity contribution in [2.45, 2.75) is 20.3 Å². The van der Waals surface area contributed by atoms with Gasteiger partial charge in [-0.3, -0.25) is 14.8 Å². The Labute approximate surface area is 115 Å². The van der Waals surface area contributed by atoms with Crippen molar-refractivity contribution in [2.24, 2.45) is 0 Å². The first-order valence-electron chi connectivity index (χ1n) is 5.83. The topological polar surface area (TPSA) is 68.9 Å². The molecule has 2 heterocycles. The van der Waals surface area contributed by atoms with E-state index in [4.69, 9.17) is 5.73 Å². The number of pyridine rings is 2. The lowest BCUT2D eigenvalue weighted by Crippen LogP contribution is -1.95. The third kappa shape index (κ3) is 5.09. The number of nitrogens with two attached hydrogens (primary N) is 1. The number of nitrogens with zero attached hydrogens (tertiary/aromatic N) is 2. The zero-order chi connectivity index (χ0) is 15.1. The van der Waals surface area contributed by atoms with Gasteiger partial charge in [0.05, 0.1) is 0 Å². The van der Waals surface area contributed by atoms with E-state index in [1.54, 1.807) is 19.1 Å². The van der Waals surface area contributed by atoms with Crippen molar-refractivity contribution in [3.8, 4) is 0 Å². The summed E-state index contributed by atoms with van der Waals surface area (Å²) >= 11 is 0. The zero-order valence-corrected chi connectivity index (χ0v) is 11.2. The second kappa shape index (κ2) is 7.28. The number of nitrogen functional groups attached to an aromatic ring is 1. The number of alkyl halides is 2. The summed E-state index contributed by atoms with van der Waals surface area (Å²) in [4.78, 5) is 17.6. The van der Waals surface area contributed by atoms with Gasteiger partial charge in [0, 0.05) is 17.1 Å². The number of rotatable bonds is 2. The lowest BCUT2D eigenvalue weighted by Gasteiger charge is -2.01. The van der Waals surface area contributed by atoms with Crippen LogP contribution in [0, 0.1) is 13.8 Å². The van der Waals surface area contributed by atoms with Crippen LogP contribution in [0.2, 0.25) is 0 Å². The number of anilines is 1. The summed E-state index contributed by atoms with van der Waals surface area (Å²) in [5, 5.41) is 0. The van der Waals surface area contributed by atoms with Gasteiger partial charge in [0.25, 0.3) is 6.43 Å². The molecule has 20 heavy (non-hydrogen) atoms. The van der Waals surface area contributed by atoms with Crippen LogP contribution in [0.1, 0.15) is 34.0 Å². The molecule has 0 bridgehead atoms. The second-order valence-electron chi connectivity index (χ2n) is 4.09. The van der Waals surface area contributed by atoms with Crippen LogP contribution in [0.25, 0.3) is 0 Å². The summed E-state index contributed by atoms with van der Waals surface area (Å²) < 4.78 is 24.0. The average Bonchev–Trinajstić information content (AvgIpc) is 2.38. The van der Waals surface area contributed by atoms with Crippen molar-refractivity contribution in [1.82, 2.24) is 9.97 Å². The van der Waals surface area contributed by atoms with Crippen molar-refractivity contribution >= 4 is 12.0 Å². The standard InChI is InChI=1S/C7H8F2N2.C7H7NO/c1-4-2-5(10)3-6(11-4)7(8)9;1-6-3-2-4-7(5-9)8-6/h2-3,7H,1H3,(H2,10,11);2-5H,1H3. The van der Waals surface area contributed by atoms with Crippen molar-refractivity contribution in [1.29, 1.82) is 0 Å². The normalized spacial score (nSPS) is 9.85. The fourth-order valence-corrected chi connectivity index (χ4v) is 1.46. The van der Waals surface area contributed by atoms with E-state index >= 15 is 0 Å². The summed E-state index contributed by atoms with van der Waals surface area (Å²) in [7, 11) is 0. The van der Waals surface area contributed by atoms with Gasteiger partial charge < -0.3 is 5.73 Å². The highest BCUT2D eigenvalue weighted by Gasteiger charge is 2.08. The number of aldehydes is 1. The molecule has 0 aliphatic heterocycles. The number of aryl methyl sites for hydroxylation is 2. The molecule has 0 amide bonds. The molecule has 0 saturated carbocycles. The molecule has 2 aromatic rings. The van der Waals surface area contributed by atoms with Gasteiger partial charge in [0.2, 0.25) is 0 Å². The van der Waals surface area contributed by atoms with E-state index < -0.39 is 6.43 Å². The minimum absolute atomic E-state index is 0.262. The number of hydrogen-bond donors (Lipinski definition) is 1. The van der Waals surface area contributed by atoms with Gasteiger partial charge in [0.15, 0.2) is 6.29 Å². The maximum absolute atomic E-state index is 12.0. The third-order valence-electron chi connectivity index (χ3n) is 2.25. The van der Waals surface area contributed by atoms with Crippen molar-refractivity contribution in [2.75, 3.05) is 5.73 Å². The maximum Gasteiger partial charge on any atom is 0.280 e. The second-order valence-corrected chi connectivity index (χ2v) is 4.09. The molecule has 2 rings (SSSR count). The Hall–Kier alpha value is -2.37. The van der Waals surface area contributed by atoms with Crippen LogP contribution in [0.5, 0.6) is 0 Å². The van der Waals surface area contributed by atoms with Crippen molar-refractivity contribution in [3.63, 3.8) is 0 Å². The molecule has 4 nitrogen and oxygen atoms in total. The van der Waals surface area contributed by atoms with E-state index in [9.17, 15) is 13.6 Å². The molecule has 0 aromatic carbocycles. The highest BCUT2D eigenvalue weighted by molar-refractivity contribution is 5.71.